The van der Waals surface area contributed by atoms with Crippen molar-refractivity contribution in [3.05, 3.63) is 12.2 Å². The second-order valence-corrected chi connectivity index (χ2v) is 6.03. The summed E-state index contributed by atoms with van der Waals surface area (Å²) in [6.07, 6.45) is 14.9. The Kier molecular flexibility index (Phi) is 3.48. The highest BCUT2D eigenvalue weighted by molar-refractivity contribution is 5.79. The largest absolute Gasteiger partial charge is 0.273 e. The molecule has 0 unspecified atom stereocenters. The molecule has 0 aromatic carbocycles. The van der Waals surface area contributed by atoms with E-state index in [-0.39, 0.29) is 11.8 Å². The van der Waals surface area contributed by atoms with Crippen LogP contribution in [-0.4, -0.2) is 12.1 Å². The number of allylic oxidation sites excluding steroid dienone is 2. The summed E-state index contributed by atoms with van der Waals surface area (Å²) in [4.78, 5) is 11.9. The van der Waals surface area contributed by atoms with Crippen molar-refractivity contribution < 1.29 is 4.79 Å². The fraction of sp³-hybridized carbons (Fsp3) is 0.733. The molecule has 3 aliphatic carbocycles. The average molecular weight is 246 g/mol. The fourth-order valence-electron chi connectivity index (χ4n) is 3.65. The van der Waals surface area contributed by atoms with E-state index in [2.05, 4.69) is 22.7 Å². The van der Waals surface area contributed by atoms with Gasteiger partial charge in [0.25, 0.3) is 0 Å². The summed E-state index contributed by atoms with van der Waals surface area (Å²) >= 11 is 0. The molecule has 3 nitrogen and oxygen atoms in total. The van der Waals surface area contributed by atoms with Gasteiger partial charge in [0.1, 0.15) is 0 Å². The van der Waals surface area contributed by atoms with Crippen LogP contribution in [0, 0.1) is 23.7 Å². The molecule has 0 aliphatic heterocycles. The molecule has 1 N–H and O–H groups in total. The first-order valence-electron chi connectivity index (χ1n) is 7.34. The van der Waals surface area contributed by atoms with Crippen molar-refractivity contribution in [2.75, 3.05) is 0 Å². The number of amides is 1. The maximum absolute atomic E-state index is 11.9. The molecule has 0 aromatic rings. The van der Waals surface area contributed by atoms with Crippen molar-refractivity contribution in [1.82, 2.24) is 5.43 Å². The number of carbonyl (C=O) groups is 1. The Labute approximate surface area is 109 Å². The van der Waals surface area contributed by atoms with Gasteiger partial charge in [0, 0.05) is 18.1 Å². The van der Waals surface area contributed by atoms with Gasteiger partial charge < -0.3 is 0 Å². The Balaban J connectivity index is 1.46. The van der Waals surface area contributed by atoms with Crippen LogP contribution in [-0.2, 0) is 4.79 Å². The van der Waals surface area contributed by atoms with E-state index in [1.165, 1.54) is 32.1 Å². The molecule has 0 aromatic heterocycles. The Morgan fingerprint density at radius 1 is 1.17 bits per heavy atom. The molecule has 0 spiro atoms. The van der Waals surface area contributed by atoms with Crippen molar-refractivity contribution in [2.45, 2.75) is 44.9 Å². The number of nitrogens with one attached hydrogen (secondary N) is 1. The Hall–Kier alpha value is -1.12. The zero-order chi connectivity index (χ0) is 12.4. The summed E-state index contributed by atoms with van der Waals surface area (Å²) in [5.74, 6) is 2.32. The van der Waals surface area contributed by atoms with Crippen molar-refractivity contribution in [3.8, 4) is 0 Å². The van der Waals surface area contributed by atoms with Crippen LogP contribution in [0.25, 0.3) is 0 Å². The van der Waals surface area contributed by atoms with E-state index in [9.17, 15) is 4.79 Å². The monoisotopic (exact) mass is 246 g/mol. The lowest BCUT2D eigenvalue weighted by atomic mass is 9.89. The standard InChI is InChI=1S/C15H22N2O/c18-15(12-4-2-1-3-5-12)17-16-10-14-9-11-6-7-13(14)8-11/h6-7,10-14H,1-5,8-9H2,(H,17,18)/b16-10-/t11-,13-,14-/m0/s1. The molecule has 0 heterocycles. The van der Waals surface area contributed by atoms with E-state index in [4.69, 9.17) is 0 Å². The van der Waals surface area contributed by atoms with Gasteiger partial charge in [-0.15, -0.1) is 0 Å². The van der Waals surface area contributed by atoms with Crippen LogP contribution in [0.5, 0.6) is 0 Å². The minimum atomic E-state index is 0.129. The van der Waals surface area contributed by atoms with Crippen molar-refractivity contribution >= 4 is 12.1 Å². The van der Waals surface area contributed by atoms with Gasteiger partial charge in [0.2, 0.25) is 5.91 Å². The number of nitrogens with zero attached hydrogens (tertiary/aromatic N) is 1. The Morgan fingerprint density at radius 2 is 2.00 bits per heavy atom. The molecule has 3 atom stereocenters. The topological polar surface area (TPSA) is 41.5 Å². The molecule has 2 saturated carbocycles. The lowest BCUT2D eigenvalue weighted by molar-refractivity contribution is -0.125. The van der Waals surface area contributed by atoms with Crippen LogP contribution in [0.1, 0.15) is 44.9 Å². The number of hydrazone groups is 1. The Bertz CT molecular complexity index is 369. The highest BCUT2D eigenvalue weighted by atomic mass is 16.2. The van der Waals surface area contributed by atoms with Crippen molar-refractivity contribution in [1.29, 1.82) is 0 Å². The van der Waals surface area contributed by atoms with E-state index in [0.717, 1.165) is 18.8 Å². The molecule has 2 fully saturated rings. The summed E-state index contributed by atoms with van der Waals surface area (Å²) in [6, 6.07) is 0. The van der Waals surface area contributed by atoms with Crippen LogP contribution < -0.4 is 5.43 Å². The van der Waals surface area contributed by atoms with Crippen LogP contribution in [0.2, 0.25) is 0 Å². The molecule has 3 heteroatoms. The minimum absolute atomic E-state index is 0.129. The first-order chi connectivity index (χ1) is 8.83. The second-order valence-electron chi connectivity index (χ2n) is 6.03. The van der Waals surface area contributed by atoms with Crippen molar-refractivity contribution in [3.63, 3.8) is 0 Å². The van der Waals surface area contributed by atoms with Gasteiger partial charge in [-0.25, -0.2) is 5.43 Å². The third kappa shape index (κ3) is 2.50. The zero-order valence-corrected chi connectivity index (χ0v) is 10.8. The van der Waals surface area contributed by atoms with E-state index in [1.54, 1.807) is 0 Å². The molecule has 2 bridgehead atoms. The molecule has 0 radical (unpaired) electrons. The van der Waals surface area contributed by atoms with Gasteiger partial charge in [-0.2, -0.15) is 5.10 Å². The molecule has 18 heavy (non-hydrogen) atoms. The summed E-state index contributed by atoms with van der Waals surface area (Å²) in [5, 5.41) is 4.19. The highest BCUT2D eigenvalue weighted by Gasteiger charge is 2.34. The smallest absolute Gasteiger partial charge is 0.243 e. The van der Waals surface area contributed by atoms with Crippen LogP contribution in [0.4, 0.5) is 0 Å². The van der Waals surface area contributed by atoms with Gasteiger partial charge in [-0.05, 0) is 37.5 Å². The first kappa shape index (κ1) is 11.9. The molecule has 3 aliphatic rings. The average Bonchev–Trinajstić information content (AvgIpc) is 3.02. The van der Waals surface area contributed by atoms with Crippen LogP contribution in [0.15, 0.2) is 17.3 Å². The van der Waals surface area contributed by atoms with E-state index in [1.807, 2.05) is 6.21 Å². The predicted octanol–water partition coefficient (Wildman–Crippen LogP) is 2.88. The van der Waals surface area contributed by atoms with Crippen LogP contribution >= 0.6 is 0 Å². The van der Waals surface area contributed by atoms with Gasteiger partial charge >= 0.3 is 0 Å². The molecule has 1 amide bonds. The molecular weight excluding hydrogens is 224 g/mol. The third-order valence-electron chi connectivity index (χ3n) is 4.75. The summed E-state index contributed by atoms with van der Waals surface area (Å²) in [7, 11) is 0. The normalized spacial score (nSPS) is 35.4. The fourth-order valence-corrected chi connectivity index (χ4v) is 3.65. The first-order valence-corrected chi connectivity index (χ1v) is 7.34. The van der Waals surface area contributed by atoms with Gasteiger partial charge in [0.05, 0.1) is 0 Å². The quantitative estimate of drug-likeness (QED) is 0.464. The number of rotatable bonds is 3. The summed E-state index contributed by atoms with van der Waals surface area (Å²) in [6.45, 7) is 0. The van der Waals surface area contributed by atoms with Crippen molar-refractivity contribution in [2.24, 2.45) is 28.8 Å². The maximum Gasteiger partial charge on any atom is 0.243 e. The second kappa shape index (κ2) is 5.25. The lowest BCUT2D eigenvalue weighted by Gasteiger charge is -2.19. The van der Waals surface area contributed by atoms with E-state index >= 15 is 0 Å². The number of hydrogen-bond donors (Lipinski definition) is 1. The third-order valence-corrected chi connectivity index (χ3v) is 4.75. The predicted molar refractivity (Wildman–Crippen MR) is 72.1 cm³/mol. The minimum Gasteiger partial charge on any atom is -0.273 e. The SMILES string of the molecule is O=C(N/N=C\[C@@H]1C[C@H]2C=C[C@H]1C2)C1CCCCC1. The molecule has 98 valence electrons. The lowest BCUT2D eigenvalue weighted by Crippen LogP contribution is -2.28. The number of fused-ring (bicyclic) bond motifs is 2. The van der Waals surface area contributed by atoms with Gasteiger partial charge in [-0.3, -0.25) is 4.79 Å². The molecular formula is C15H22N2O. The molecule has 0 saturated heterocycles. The van der Waals surface area contributed by atoms with Gasteiger partial charge in [-0.1, -0.05) is 31.4 Å². The van der Waals surface area contributed by atoms with Gasteiger partial charge in [0.15, 0.2) is 0 Å². The number of hydrogen-bond acceptors (Lipinski definition) is 2. The summed E-state index contributed by atoms with van der Waals surface area (Å²) in [5.41, 5.74) is 2.75. The van der Waals surface area contributed by atoms with E-state index < -0.39 is 0 Å². The van der Waals surface area contributed by atoms with E-state index in [0.29, 0.717) is 11.8 Å². The van der Waals surface area contributed by atoms with Crippen LogP contribution in [0.3, 0.4) is 0 Å². The Morgan fingerprint density at radius 3 is 2.67 bits per heavy atom. The molecule has 3 rings (SSSR count). The highest BCUT2D eigenvalue weighted by Crippen LogP contribution is 2.42. The maximum atomic E-state index is 11.9. The summed E-state index contributed by atoms with van der Waals surface area (Å²) < 4.78 is 0. The number of carbonyl (C=O) groups excluding carboxylic acids is 1. The zero-order valence-electron chi connectivity index (χ0n) is 10.8.